The van der Waals surface area contributed by atoms with Crippen LogP contribution in [-0.4, -0.2) is 34.9 Å². The molecule has 2 atom stereocenters. The van der Waals surface area contributed by atoms with Gasteiger partial charge in [-0.05, 0) is 38.3 Å². The summed E-state index contributed by atoms with van der Waals surface area (Å²) in [6.07, 6.45) is 0.762. The van der Waals surface area contributed by atoms with Gasteiger partial charge < -0.3 is 10.6 Å². The van der Waals surface area contributed by atoms with E-state index in [1.807, 2.05) is 6.92 Å². The molecule has 0 radical (unpaired) electrons. The second-order valence-electron chi connectivity index (χ2n) is 5.53. The van der Waals surface area contributed by atoms with Gasteiger partial charge in [0, 0.05) is 24.7 Å². The van der Waals surface area contributed by atoms with Gasteiger partial charge in [0.2, 0.25) is 0 Å². The molecule has 0 saturated carbocycles. The summed E-state index contributed by atoms with van der Waals surface area (Å²) in [5.41, 5.74) is 5.18. The lowest BCUT2D eigenvalue weighted by molar-refractivity contribution is -0.385. The number of nitro groups is 1. The van der Waals surface area contributed by atoms with Gasteiger partial charge in [-0.3, -0.25) is 14.9 Å². The van der Waals surface area contributed by atoms with E-state index in [0.29, 0.717) is 13.1 Å². The molecule has 0 aromatic heterocycles. The van der Waals surface area contributed by atoms with Crippen LogP contribution >= 0.6 is 0 Å². The minimum atomic E-state index is -0.700. The molecule has 1 saturated heterocycles. The molecule has 1 heterocycles. The maximum absolute atomic E-state index is 14.2. The second kappa shape index (κ2) is 5.77. The third-order valence-electron chi connectivity index (χ3n) is 3.94. The van der Waals surface area contributed by atoms with Crippen LogP contribution in [-0.2, 0) is 0 Å². The molecule has 2 unspecified atom stereocenters. The number of halogens is 1. The predicted octanol–water partition coefficient (Wildman–Crippen LogP) is 1.85. The maximum Gasteiger partial charge on any atom is 0.270 e. The lowest BCUT2D eigenvalue weighted by Gasteiger charge is -2.22. The predicted molar refractivity (Wildman–Crippen MR) is 75.5 cm³/mol. The molecule has 0 bridgehead atoms. The highest BCUT2D eigenvalue weighted by molar-refractivity contribution is 5.95. The number of carbonyl (C=O) groups is 1. The zero-order valence-corrected chi connectivity index (χ0v) is 12.0. The molecule has 21 heavy (non-hydrogen) atoms. The molecule has 1 fully saturated rings. The van der Waals surface area contributed by atoms with Crippen molar-refractivity contribution in [2.45, 2.75) is 26.3 Å². The van der Waals surface area contributed by atoms with Gasteiger partial charge in [0.25, 0.3) is 11.6 Å². The quantitative estimate of drug-likeness (QED) is 0.680. The Kier molecular flexibility index (Phi) is 4.22. The van der Waals surface area contributed by atoms with Crippen molar-refractivity contribution in [3.05, 3.63) is 39.2 Å². The number of hydrogen-bond acceptors (Lipinski definition) is 4. The van der Waals surface area contributed by atoms with E-state index in [2.05, 4.69) is 0 Å². The fraction of sp³-hybridized carbons (Fsp3) is 0.500. The smallest absolute Gasteiger partial charge is 0.270 e. The highest BCUT2D eigenvalue weighted by atomic mass is 19.1. The van der Waals surface area contributed by atoms with Gasteiger partial charge in [0.15, 0.2) is 0 Å². The topological polar surface area (TPSA) is 89.5 Å². The first kappa shape index (κ1) is 15.4. The number of non-ortho nitro benzene ring substituents is 1. The minimum Gasteiger partial charge on any atom is -0.336 e. The van der Waals surface area contributed by atoms with Gasteiger partial charge in [0.05, 0.1) is 10.5 Å². The van der Waals surface area contributed by atoms with Gasteiger partial charge in [0.1, 0.15) is 5.82 Å². The Hall–Kier alpha value is -2.02. The molecule has 1 aliphatic heterocycles. The highest BCUT2D eigenvalue weighted by Gasteiger charge is 2.34. The Morgan fingerprint density at radius 1 is 1.57 bits per heavy atom. The Balaban J connectivity index is 2.37. The highest BCUT2D eigenvalue weighted by Crippen LogP contribution is 2.27. The number of hydrogen-bond donors (Lipinski definition) is 1. The molecule has 1 aromatic carbocycles. The summed E-state index contributed by atoms with van der Waals surface area (Å²) in [4.78, 5) is 24.3. The zero-order chi connectivity index (χ0) is 15.7. The number of nitro benzene ring substituents is 1. The molecular formula is C14H18FN3O3. The van der Waals surface area contributed by atoms with Crippen molar-refractivity contribution in [1.82, 2.24) is 4.90 Å². The van der Waals surface area contributed by atoms with Crippen molar-refractivity contribution in [2.24, 2.45) is 11.7 Å². The van der Waals surface area contributed by atoms with E-state index < -0.39 is 16.6 Å². The molecule has 2 rings (SSSR count). The van der Waals surface area contributed by atoms with Crippen LogP contribution in [0.1, 0.15) is 29.3 Å². The number of rotatable bonds is 3. The monoisotopic (exact) mass is 295 g/mol. The summed E-state index contributed by atoms with van der Waals surface area (Å²) < 4.78 is 14.2. The molecule has 1 amide bonds. The third-order valence-corrected chi connectivity index (χ3v) is 3.94. The first-order valence-corrected chi connectivity index (χ1v) is 6.80. The first-order chi connectivity index (χ1) is 9.85. The molecule has 114 valence electrons. The average Bonchev–Trinajstić information content (AvgIpc) is 2.82. The largest absolute Gasteiger partial charge is 0.336 e. The summed E-state index contributed by atoms with van der Waals surface area (Å²) in [5, 5.41) is 10.9. The van der Waals surface area contributed by atoms with E-state index in [9.17, 15) is 19.3 Å². The van der Waals surface area contributed by atoms with Crippen LogP contribution in [0.5, 0.6) is 0 Å². The Morgan fingerprint density at radius 3 is 2.76 bits per heavy atom. The van der Waals surface area contributed by atoms with E-state index in [1.54, 1.807) is 4.90 Å². The SMILES string of the molecule is Cc1cc([N+](=O)[O-])cc(C(=O)N2CC(CN)CC2C)c1F. The van der Waals surface area contributed by atoms with Gasteiger partial charge in [-0.25, -0.2) is 4.39 Å². The van der Waals surface area contributed by atoms with E-state index in [4.69, 9.17) is 5.73 Å². The molecule has 0 aliphatic carbocycles. The van der Waals surface area contributed by atoms with Gasteiger partial charge in [-0.15, -0.1) is 0 Å². The molecular weight excluding hydrogens is 277 g/mol. The van der Waals surface area contributed by atoms with Crippen molar-refractivity contribution < 1.29 is 14.1 Å². The van der Waals surface area contributed by atoms with Crippen LogP contribution in [0.15, 0.2) is 12.1 Å². The van der Waals surface area contributed by atoms with Crippen molar-refractivity contribution in [2.75, 3.05) is 13.1 Å². The van der Waals surface area contributed by atoms with E-state index in [0.717, 1.165) is 18.6 Å². The number of nitrogens with zero attached hydrogens (tertiary/aromatic N) is 2. The number of likely N-dealkylation sites (tertiary alicyclic amines) is 1. The first-order valence-electron chi connectivity index (χ1n) is 6.80. The van der Waals surface area contributed by atoms with Crippen LogP contribution in [0.4, 0.5) is 10.1 Å². The molecule has 1 aromatic rings. The fourth-order valence-corrected chi connectivity index (χ4v) is 2.76. The number of amides is 1. The summed E-state index contributed by atoms with van der Waals surface area (Å²) >= 11 is 0. The second-order valence-corrected chi connectivity index (χ2v) is 5.53. The van der Waals surface area contributed by atoms with Crippen LogP contribution in [0.2, 0.25) is 0 Å². The third kappa shape index (κ3) is 2.87. The Bertz CT molecular complexity index is 591. The lowest BCUT2D eigenvalue weighted by Crippen LogP contribution is -2.35. The van der Waals surface area contributed by atoms with Crippen LogP contribution < -0.4 is 5.73 Å². The minimum absolute atomic E-state index is 0.0509. The number of carbonyl (C=O) groups excluding carboxylic acids is 1. The number of aryl methyl sites for hydroxylation is 1. The summed E-state index contributed by atoms with van der Waals surface area (Å²) in [7, 11) is 0. The van der Waals surface area contributed by atoms with E-state index in [1.165, 1.54) is 6.92 Å². The van der Waals surface area contributed by atoms with Crippen LogP contribution in [0.3, 0.4) is 0 Å². The van der Waals surface area contributed by atoms with Crippen molar-refractivity contribution >= 4 is 11.6 Å². The van der Waals surface area contributed by atoms with Crippen molar-refractivity contribution in [3.63, 3.8) is 0 Å². The van der Waals surface area contributed by atoms with Crippen molar-refractivity contribution in [1.29, 1.82) is 0 Å². The standard InChI is InChI=1S/C14H18FN3O3/c1-8-3-11(18(20)21)5-12(13(8)15)14(19)17-7-10(6-16)4-9(17)2/h3,5,9-10H,4,6-7,16H2,1-2H3. The number of nitrogens with two attached hydrogens (primary N) is 1. The summed E-state index contributed by atoms with van der Waals surface area (Å²) in [5.74, 6) is -1.02. The van der Waals surface area contributed by atoms with Gasteiger partial charge >= 0.3 is 0 Å². The Labute approximate surface area is 121 Å². The van der Waals surface area contributed by atoms with Gasteiger partial charge in [-0.1, -0.05) is 0 Å². The summed E-state index contributed by atoms with van der Waals surface area (Å²) in [6.45, 7) is 4.20. The lowest BCUT2D eigenvalue weighted by atomic mass is 10.1. The molecule has 0 spiro atoms. The molecule has 2 N–H and O–H groups in total. The summed E-state index contributed by atoms with van der Waals surface area (Å²) in [6, 6.07) is 2.08. The maximum atomic E-state index is 14.2. The molecule has 6 nitrogen and oxygen atoms in total. The van der Waals surface area contributed by atoms with E-state index in [-0.39, 0.29) is 28.8 Å². The zero-order valence-electron chi connectivity index (χ0n) is 12.0. The van der Waals surface area contributed by atoms with Crippen LogP contribution in [0.25, 0.3) is 0 Å². The van der Waals surface area contributed by atoms with Crippen LogP contribution in [0, 0.1) is 28.8 Å². The normalized spacial score (nSPS) is 21.6. The Morgan fingerprint density at radius 2 is 2.24 bits per heavy atom. The number of benzene rings is 1. The van der Waals surface area contributed by atoms with E-state index >= 15 is 0 Å². The van der Waals surface area contributed by atoms with Gasteiger partial charge in [-0.2, -0.15) is 0 Å². The van der Waals surface area contributed by atoms with Crippen molar-refractivity contribution in [3.8, 4) is 0 Å². The molecule has 1 aliphatic rings. The fourth-order valence-electron chi connectivity index (χ4n) is 2.76. The molecule has 7 heteroatoms. The average molecular weight is 295 g/mol.